The fourth-order valence-electron chi connectivity index (χ4n) is 5.93. The molecule has 4 aromatic carbocycles. The number of carbonyl (C=O) groups is 2. The molecule has 0 bridgehead atoms. The Hall–Kier alpha value is -3.95. The van der Waals surface area contributed by atoms with Crippen molar-refractivity contribution in [2.24, 2.45) is 0 Å². The highest BCUT2D eigenvalue weighted by atomic mass is 79.9. The maximum Gasteiger partial charge on any atom is 0.264 e. The summed E-state index contributed by atoms with van der Waals surface area (Å²) in [5, 5.41) is 3.21. The quantitative estimate of drug-likeness (QED) is 0.173. The molecule has 7 nitrogen and oxygen atoms in total. The molecule has 9 heteroatoms. The van der Waals surface area contributed by atoms with Crippen molar-refractivity contribution in [1.82, 2.24) is 10.2 Å². The Morgan fingerprint density at radius 1 is 0.826 bits per heavy atom. The Morgan fingerprint density at radius 2 is 1.50 bits per heavy atom. The largest absolute Gasteiger partial charge is 0.352 e. The summed E-state index contributed by atoms with van der Waals surface area (Å²) in [5.41, 5.74) is 4.06. The van der Waals surface area contributed by atoms with E-state index in [1.807, 2.05) is 68.4 Å². The molecule has 1 fully saturated rings. The summed E-state index contributed by atoms with van der Waals surface area (Å²) >= 11 is 3.46. The maximum absolute atomic E-state index is 14.6. The van der Waals surface area contributed by atoms with Crippen LogP contribution in [-0.2, 0) is 32.6 Å². The number of sulfonamides is 1. The van der Waals surface area contributed by atoms with E-state index in [1.54, 1.807) is 53.4 Å². The van der Waals surface area contributed by atoms with Gasteiger partial charge in [-0.1, -0.05) is 113 Å². The predicted octanol–water partition coefficient (Wildman–Crippen LogP) is 6.96. The zero-order valence-corrected chi connectivity index (χ0v) is 28.6. The first kappa shape index (κ1) is 33.4. The van der Waals surface area contributed by atoms with E-state index in [9.17, 15) is 18.0 Å². The van der Waals surface area contributed by atoms with Gasteiger partial charge in [-0.05, 0) is 68.1 Å². The zero-order valence-electron chi connectivity index (χ0n) is 26.2. The molecule has 1 unspecified atom stereocenters. The Morgan fingerprint density at radius 3 is 2.17 bits per heavy atom. The van der Waals surface area contributed by atoms with Gasteiger partial charge in [-0.2, -0.15) is 0 Å². The molecule has 1 saturated carbocycles. The number of anilines is 1. The van der Waals surface area contributed by atoms with Gasteiger partial charge in [0.2, 0.25) is 11.8 Å². The molecule has 0 saturated heterocycles. The number of aryl methyl sites for hydroxylation is 2. The third-order valence-electron chi connectivity index (χ3n) is 8.39. The Labute approximate surface area is 280 Å². The van der Waals surface area contributed by atoms with Crippen LogP contribution >= 0.6 is 15.9 Å². The first-order valence-electron chi connectivity index (χ1n) is 15.6. The van der Waals surface area contributed by atoms with Crippen molar-refractivity contribution in [2.75, 3.05) is 10.8 Å². The Balaban J connectivity index is 1.57. The van der Waals surface area contributed by atoms with Crippen molar-refractivity contribution in [2.45, 2.75) is 69.5 Å². The lowest BCUT2D eigenvalue weighted by atomic mass is 10.0. The number of rotatable bonds is 12. The minimum atomic E-state index is -4.15. The molecule has 1 atom stereocenters. The fraction of sp³-hybridized carbons (Fsp3) is 0.297. The Bertz CT molecular complexity index is 1760. The van der Waals surface area contributed by atoms with Crippen LogP contribution in [-0.4, -0.2) is 43.8 Å². The van der Waals surface area contributed by atoms with E-state index in [0.29, 0.717) is 16.6 Å². The molecule has 0 aromatic heterocycles. The van der Waals surface area contributed by atoms with E-state index in [1.165, 1.54) is 0 Å². The number of hydrogen-bond donors (Lipinski definition) is 1. The number of carbonyl (C=O) groups excluding carboxylic acids is 2. The molecule has 0 radical (unpaired) electrons. The topological polar surface area (TPSA) is 86.8 Å². The third kappa shape index (κ3) is 8.44. The van der Waals surface area contributed by atoms with Crippen molar-refractivity contribution in [1.29, 1.82) is 0 Å². The van der Waals surface area contributed by atoms with Crippen molar-refractivity contribution in [3.8, 4) is 0 Å². The third-order valence-corrected chi connectivity index (χ3v) is 10.7. The average molecular weight is 703 g/mol. The zero-order chi connectivity index (χ0) is 32.7. The summed E-state index contributed by atoms with van der Waals surface area (Å²) in [7, 11) is -4.15. The predicted molar refractivity (Wildman–Crippen MR) is 186 cm³/mol. The first-order valence-corrected chi connectivity index (χ1v) is 17.9. The summed E-state index contributed by atoms with van der Waals surface area (Å²) < 4.78 is 30.2. The summed E-state index contributed by atoms with van der Waals surface area (Å²) in [6.07, 6.45) is 4.21. The number of halogens is 1. The van der Waals surface area contributed by atoms with Crippen molar-refractivity contribution < 1.29 is 18.0 Å². The molecule has 5 rings (SSSR count). The summed E-state index contributed by atoms with van der Waals surface area (Å²) in [5.74, 6) is -0.702. The summed E-state index contributed by atoms with van der Waals surface area (Å²) in [6.45, 7) is 3.53. The second-order valence-corrected chi connectivity index (χ2v) is 14.8. The van der Waals surface area contributed by atoms with Gasteiger partial charge in [-0.25, -0.2) is 8.42 Å². The molecule has 46 heavy (non-hydrogen) atoms. The van der Waals surface area contributed by atoms with E-state index < -0.39 is 28.5 Å². The Kier molecular flexibility index (Phi) is 11.0. The lowest BCUT2D eigenvalue weighted by molar-refractivity contribution is -0.140. The molecule has 4 aromatic rings. The summed E-state index contributed by atoms with van der Waals surface area (Å²) in [4.78, 5) is 30.4. The molecule has 1 aliphatic carbocycles. The van der Waals surface area contributed by atoms with Crippen LogP contribution in [0.3, 0.4) is 0 Å². The van der Waals surface area contributed by atoms with Gasteiger partial charge in [-0.3, -0.25) is 13.9 Å². The van der Waals surface area contributed by atoms with E-state index in [-0.39, 0.29) is 23.4 Å². The molecular weight excluding hydrogens is 662 g/mol. The van der Waals surface area contributed by atoms with Crippen LogP contribution in [0.5, 0.6) is 0 Å². The van der Waals surface area contributed by atoms with Gasteiger partial charge in [-0.15, -0.1) is 0 Å². The minimum absolute atomic E-state index is 0.0572. The molecule has 2 amide bonds. The number of hydrogen-bond acceptors (Lipinski definition) is 4. The van der Waals surface area contributed by atoms with Crippen LogP contribution in [0.15, 0.2) is 112 Å². The minimum Gasteiger partial charge on any atom is -0.352 e. The lowest BCUT2D eigenvalue weighted by Gasteiger charge is -2.34. The van der Waals surface area contributed by atoms with Crippen LogP contribution in [0, 0.1) is 13.8 Å². The highest BCUT2D eigenvalue weighted by Crippen LogP contribution is 2.28. The summed E-state index contributed by atoms with van der Waals surface area (Å²) in [6, 6.07) is 30.1. The van der Waals surface area contributed by atoms with Gasteiger partial charge in [0.05, 0.1) is 10.6 Å². The van der Waals surface area contributed by atoms with Gasteiger partial charge in [0, 0.05) is 23.5 Å². The van der Waals surface area contributed by atoms with Crippen LogP contribution in [0.4, 0.5) is 5.69 Å². The molecule has 0 spiro atoms. The van der Waals surface area contributed by atoms with Crippen molar-refractivity contribution in [3.63, 3.8) is 0 Å². The average Bonchev–Trinajstić information content (AvgIpc) is 3.55. The van der Waals surface area contributed by atoms with Gasteiger partial charge >= 0.3 is 0 Å². The highest BCUT2D eigenvalue weighted by Gasteiger charge is 2.35. The van der Waals surface area contributed by atoms with Crippen LogP contribution < -0.4 is 9.62 Å². The normalized spacial score (nSPS) is 14.1. The first-order chi connectivity index (χ1) is 22.1. The van der Waals surface area contributed by atoms with Gasteiger partial charge in [0.1, 0.15) is 12.6 Å². The standard InChI is InChI=1S/C37H40BrN3O4S/c1-27-18-20-34(21-19-27)46(44,45)41(33-17-9-14-31(38)24-33)26-36(42)40(25-30-13-8-10-28(2)22-30)35(23-29-11-4-3-5-12-29)37(43)39-32-15-6-7-16-32/h3-5,8-14,17-22,24,32,35H,6-7,15-16,23,25-26H2,1-2H3,(H,39,43). The van der Waals surface area contributed by atoms with E-state index in [4.69, 9.17) is 0 Å². The molecule has 1 aliphatic rings. The highest BCUT2D eigenvalue weighted by molar-refractivity contribution is 9.10. The van der Waals surface area contributed by atoms with Gasteiger partial charge < -0.3 is 10.2 Å². The van der Waals surface area contributed by atoms with E-state index in [2.05, 4.69) is 21.2 Å². The monoisotopic (exact) mass is 701 g/mol. The smallest absolute Gasteiger partial charge is 0.264 e. The van der Waals surface area contributed by atoms with Crippen LogP contribution in [0.25, 0.3) is 0 Å². The number of benzene rings is 4. The molecule has 0 aliphatic heterocycles. The SMILES string of the molecule is Cc1ccc(S(=O)(=O)N(CC(=O)N(Cc2cccc(C)c2)C(Cc2ccccc2)C(=O)NC2CCCC2)c2cccc(Br)c2)cc1. The van der Waals surface area contributed by atoms with Crippen LogP contribution in [0.1, 0.15) is 47.9 Å². The maximum atomic E-state index is 14.6. The van der Waals surface area contributed by atoms with E-state index in [0.717, 1.165) is 52.2 Å². The second kappa shape index (κ2) is 15.1. The van der Waals surface area contributed by atoms with Crippen molar-refractivity contribution >= 4 is 43.5 Å². The van der Waals surface area contributed by atoms with Crippen LogP contribution in [0.2, 0.25) is 0 Å². The van der Waals surface area contributed by atoms with Gasteiger partial charge in [0.25, 0.3) is 10.0 Å². The molecular formula is C37H40BrN3O4S. The molecule has 240 valence electrons. The van der Waals surface area contributed by atoms with E-state index >= 15 is 0 Å². The van der Waals surface area contributed by atoms with Gasteiger partial charge in [0.15, 0.2) is 0 Å². The number of nitrogens with one attached hydrogen (secondary N) is 1. The molecule has 1 N–H and O–H groups in total. The second-order valence-electron chi connectivity index (χ2n) is 12.0. The number of nitrogens with zero attached hydrogens (tertiary/aromatic N) is 2. The lowest BCUT2D eigenvalue weighted by Crippen LogP contribution is -2.54. The van der Waals surface area contributed by atoms with Crippen molar-refractivity contribution in [3.05, 3.63) is 130 Å². The molecule has 0 heterocycles. The fourth-order valence-corrected chi connectivity index (χ4v) is 7.72. The number of amides is 2.